The molecule has 28 heavy (non-hydrogen) atoms. The SMILES string of the molecule is COc1ccc(CCC(=O)N2CCN(C(=O)c3cc(F)ccc3Br)CC2)cc1. The molecule has 7 heteroatoms. The summed E-state index contributed by atoms with van der Waals surface area (Å²) in [6.07, 6.45) is 1.09. The number of carbonyl (C=O) groups excluding carboxylic acids is 2. The first-order valence-corrected chi connectivity index (χ1v) is 9.92. The van der Waals surface area contributed by atoms with Crippen LogP contribution in [0.15, 0.2) is 46.9 Å². The van der Waals surface area contributed by atoms with Crippen molar-refractivity contribution in [3.63, 3.8) is 0 Å². The number of amides is 2. The number of carbonyl (C=O) groups is 2. The Bertz CT molecular complexity index is 849. The van der Waals surface area contributed by atoms with Crippen molar-refractivity contribution in [1.82, 2.24) is 9.80 Å². The Kier molecular flexibility index (Phi) is 6.67. The number of benzene rings is 2. The van der Waals surface area contributed by atoms with E-state index in [1.165, 1.54) is 18.2 Å². The normalized spacial score (nSPS) is 14.1. The minimum absolute atomic E-state index is 0.0786. The highest BCUT2D eigenvalue weighted by Gasteiger charge is 2.25. The molecule has 0 aliphatic carbocycles. The van der Waals surface area contributed by atoms with Crippen LogP contribution in [-0.4, -0.2) is 54.9 Å². The molecular formula is C21H22BrFN2O3. The number of methoxy groups -OCH3 is 1. The molecule has 1 saturated heterocycles. The van der Waals surface area contributed by atoms with Crippen LogP contribution in [0, 0.1) is 5.82 Å². The van der Waals surface area contributed by atoms with Gasteiger partial charge in [0, 0.05) is 37.1 Å². The number of aryl methyl sites for hydroxylation is 1. The number of nitrogens with zero attached hydrogens (tertiary/aromatic N) is 2. The van der Waals surface area contributed by atoms with Gasteiger partial charge in [0.2, 0.25) is 5.91 Å². The Hall–Kier alpha value is -2.41. The second kappa shape index (κ2) is 9.19. The molecule has 1 aliphatic rings. The number of rotatable bonds is 5. The van der Waals surface area contributed by atoms with Crippen molar-refractivity contribution in [3.05, 3.63) is 63.9 Å². The van der Waals surface area contributed by atoms with Gasteiger partial charge in [-0.3, -0.25) is 9.59 Å². The van der Waals surface area contributed by atoms with E-state index in [0.29, 0.717) is 49.1 Å². The van der Waals surface area contributed by atoms with Crippen molar-refractivity contribution in [2.24, 2.45) is 0 Å². The van der Waals surface area contributed by atoms with Crippen molar-refractivity contribution in [2.45, 2.75) is 12.8 Å². The summed E-state index contributed by atoms with van der Waals surface area (Å²) in [5, 5.41) is 0. The van der Waals surface area contributed by atoms with Crippen molar-refractivity contribution in [2.75, 3.05) is 33.3 Å². The summed E-state index contributed by atoms with van der Waals surface area (Å²) >= 11 is 3.30. The van der Waals surface area contributed by atoms with E-state index in [0.717, 1.165) is 11.3 Å². The van der Waals surface area contributed by atoms with E-state index in [1.54, 1.807) is 16.9 Å². The molecular weight excluding hydrogens is 427 g/mol. The van der Waals surface area contributed by atoms with E-state index in [-0.39, 0.29) is 11.8 Å². The number of piperazine rings is 1. The summed E-state index contributed by atoms with van der Waals surface area (Å²) < 4.78 is 19.2. The molecule has 0 N–H and O–H groups in total. The molecule has 0 aromatic heterocycles. The lowest BCUT2D eigenvalue weighted by atomic mass is 10.1. The van der Waals surface area contributed by atoms with Crippen LogP contribution < -0.4 is 4.74 Å². The first-order valence-electron chi connectivity index (χ1n) is 9.13. The van der Waals surface area contributed by atoms with Crippen molar-refractivity contribution >= 4 is 27.7 Å². The molecule has 5 nitrogen and oxygen atoms in total. The molecule has 1 heterocycles. The number of hydrogen-bond acceptors (Lipinski definition) is 3. The fourth-order valence-electron chi connectivity index (χ4n) is 3.19. The van der Waals surface area contributed by atoms with Gasteiger partial charge in [0.1, 0.15) is 11.6 Å². The van der Waals surface area contributed by atoms with Gasteiger partial charge in [-0.15, -0.1) is 0 Å². The van der Waals surface area contributed by atoms with Gasteiger partial charge in [-0.1, -0.05) is 12.1 Å². The summed E-state index contributed by atoms with van der Waals surface area (Å²) in [4.78, 5) is 28.6. The number of ether oxygens (including phenoxy) is 1. The van der Waals surface area contributed by atoms with Crippen LogP contribution in [-0.2, 0) is 11.2 Å². The lowest BCUT2D eigenvalue weighted by Crippen LogP contribution is -2.50. The third kappa shape index (κ3) is 4.90. The summed E-state index contributed by atoms with van der Waals surface area (Å²) in [6, 6.07) is 11.8. The highest BCUT2D eigenvalue weighted by molar-refractivity contribution is 9.10. The van der Waals surface area contributed by atoms with Crippen molar-refractivity contribution < 1.29 is 18.7 Å². The fraction of sp³-hybridized carbons (Fsp3) is 0.333. The van der Waals surface area contributed by atoms with Crippen LogP contribution >= 0.6 is 15.9 Å². The fourth-order valence-corrected chi connectivity index (χ4v) is 3.61. The minimum Gasteiger partial charge on any atom is -0.497 e. The zero-order valence-electron chi connectivity index (χ0n) is 15.7. The molecule has 1 aliphatic heterocycles. The van der Waals surface area contributed by atoms with Crippen LogP contribution in [0.5, 0.6) is 5.75 Å². The molecule has 0 atom stereocenters. The molecule has 0 unspecified atom stereocenters. The van der Waals surface area contributed by atoms with Gasteiger partial charge in [-0.25, -0.2) is 4.39 Å². The van der Waals surface area contributed by atoms with Crippen LogP contribution in [0.2, 0.25) is 0 Å². The Balaban J connectivity index is 1.50. The Morgan fingerprint density at radius 3 is 2.32 bits per heavy atom. The molecule has 2 aromatic rings. The van der Waals surface area contributed by atoms with Crippen LogP contribution in [0.25, 0.3) is 0 Å². The number of hydrogen-bond donors (Lipinski definition) is 0. The van der Waals surface area contributed by atoms with Gasteiger partial charge in [-0.05, 0) is 58.2 Å². The van der Waals surface area contributed by atoms with Crippen LogP contribution in [0.4, 0.5) is 4.39 Å². The standard InChI is InChI=1S/C21H22BrFN2O3/c1-28-17-6-2-15(3-7-17)4-9-20(26)24-10-12-25(13-11-24)21(27)18-14-16(23)5-8-19(18)22/h2-3,5-8,14H,4,9-13H2,1H3. The van der Waals surface area contributed by atoms with E-state index >= 15 is 0 Å². The lowest BCUT2D eigenvalue weighted by Gasteiger charge is -2.35. The zero-order chi connectivity index (χ0) is 20.1. The molecule has 2 amide bonds. The Labute approximate surface area is 172 Å². The van der Waals surface area contributed by atoms with E-state index in [2.05, 4.69) is 15.9 Å². The van der Waals surface area contributed by atoms with E-state index in [4.69, 9.17) is 4.74 Å². The molecule has 0 radical (unpaired) electrons. The Morgan fingerprint density at radius 1 is 1.04 bits per heavy atom. The molecule has 3 rings (SSSR count). The first-order chi connectivity index (χ1) is 13.5. The molecule has 1 fully saturated rings. The topological polar surface area (TPSA) is 49.9 Å². The van der Waals surface area contributed by atoms with Gasteiger partial charge >= 0.3 is 0 Å². The largest absolute Gasteiger partial charge is 0.497 e. The van der Waals surface area contributed by atoms with Gasteiger partial charge in [0.05, 0.1) is 12.7 Å². The van der Waals surface area contributed by atoms with Crippen molar-refractivity contribution in [1.29, 1.82) is 0 Å². The Morgan fingerprint density at radius 2 is 1.68 bits per heavy atom. The molecule has 2 aromatic carbocycles. The maximum atomic E-state index is 13.5. The van der Waals surface area contributed by atoms with E-state index in [1.807, 2.05) is 24.3 Å². The van der Waals surface area contributed by atoms with E-state index < -0.39 is 5.82 Å². The average Bonchev–Trinajstić information content (AvgIpc) is 2.73. The van der Waals surface area contributed by atoms with Gasteiger partial charge in [-0.2, -0.15) is 0 Å². The summed E-state index contributed by atoms with van der Waals surface area (Å²) in [5.74, 6) is 0.200. The average molecular weight is 449 g/mol. The van der Waals surface area contributed by atoms with Crippen molar-refractivity contribution in [3.8, 4) is 5.75 Å². The predicted octanol–water partition coefficient (Wildman–Crippen LogP) is 3.51. The molecule has 0 bridgehead atoms. The minimum atomic E-state index is -0.445. The number of halogens is 2. The second-order valence-corrected chi connectivity index (χ2v) is 7.50. The summed E-state index contributed by atoms with van der Waals surface area (Å²) in [7, 11) is 1.62. The predicted molar refractivity (Wildman–Crippen MR) is 108 cm³/mol. The highest BCUT2D eigenvalue weighted by atomic mass is 79.9. The maximum absolute atomic E-state index is 13.5. The van der Waals surface area contributed by atoms with Crippen LogP contribution in [0.3, 0.4) is 0 Å². The van der Waals surface area contributed by atoms with Gasteiger partial charge in [0.25, 0.3) is 5.91 Å². The van der Waals surface area contributed by atoms with E-state index in [9.17, 15) is 14.0 Å². The smallest absolute Gasteiger partial charge is 0.255 e. The quantitative estimate of drug-likeness (QED) is 0.702. The summed E-state index contributed by atoms with van der Waals surface area (Å²) in [5.41, 5.74) is 1.39. The maximum Gasteiger partial charge on any atom is 0.255 e. The van der Waals surface area contributed by atoms with Gasteiger partial charge < -0.3 is 14.5 Å². The zero-order valence-corrected chi connectivity index (χ0v) is 17.2. The highest BCUT2D eigenvalue weighted by Crippen LogP contribution is 2.21. The van der Waals surface area contributed by atoms with Crippen LogP contribution in [0.1, 0.15) is 22.3 Å². The molecule has 0 spiro atoms. The second-order valence-electron chi connectivity index (χ2n) is 6.65. The lowest BCUT2D eigenvalue weighted by molar-refractivity contribution is -0.132. The molecule has 148 valence electrons. The monoisotopic (exact) mass is 448 g/mol. The third-order valence-corrected chi connectivity index (χ3v) is 5.56. The third-order valence-electron chi connectivity index (χ3n) is 4.86. The summed E-state index contributed by atoms with van der Waals surface area (Å²) in [6.45, 7) is 1.85. The molecule has 0 saturated carbocycles. The van der Waals surface area contributed by atoms with Gasteiger partial charge in [0.15, 0.2) is 0 Å². The first kappa shape index (κ1) is 20.3.